The Morgan fingerprint density at radius 1 is 0.952 bits per heavy atom. The fraction of sp³-hybridized carbons (Fsp3) is 0.200. The van der Waals surface area contributed by atoms with Crippen LogP contribution < -0.4 is 5.32 Å². The van der Waals surface area contributed by atoms with Crippen LogP contribution in [0.15, 0.2) is 42.5 Å². The Morgan fingerprint density at radius 3 is 2.24 bits per heavy atom. The van der Waals surface area contributed by atoms with Crippen LogP contribution in [0, 0.1) is 5.82 Å². The number of alkyl halides is 3. The summed E-state index contributed by atoms with van der Waals surface area (Å²) in [5.41, 5.74) is 0.502. The Bertz CT molecular complexity index is 625. The Labute approximate surface area is 124 Å². The summed E-state index contributed by atoms with van der Waals surface area (Å²) in [6.45, 7) is 0.596. The van der Waals surface area contributed by atoms with E-state index < -0.39 is 17.6 Å². The second kappa shape index (κ2) is 6.45. The minimum Gasteiger partial charge on any atom is -0.309 e. The van der Waals surface area contributed by atoms with Crippen LogP contribution in [0.2, 0.25) is 5.02 Å². The molecule has 2 aromatic carbocycles. The van der Waals surface area contributed by atoms with Gasteiger partial charge in [-0.3, -0.25) is 0 Å². The summed E-state index contributed by atoms with van der Waals surface area (Å²) in [6.07, 6.45) is -4.35. The molecule has 0 aliphatic carbocycles. The first-order chi connectivity index (χ1) is 9.86. The van der Waals surface area contributed by atoms with Crippen molar-refractivity contribution in [2.75, 3.05) is 0 Å². The van der Waals surface area contributed by atoms with Gasteiger partial charge in [-0.05, 0) is 29.3 Å². The Hall–Kier alpha value is -1.59. The van der Waals surface area contributed by atoms with Gasteiger partial charge in [0.1, 0.15) is 5.82 Å². The van der Waals surface area contributed by atoms with E-state index in [1.54, 1.807) is 12.1 Å². The average Bonchev–Trinajstić information content (AvgIpc) is 2.42. The van der Waals surface area contributed by atoms with Crippen LogP contribution in [0.25, 0.3) is 0 Å². The van der Waals surface area contributed by atoms with Crippen LogP contribution in [-0.4, -0.2) is 0 Å². The molecule has 0 heterocycles. The molecule has 0 saturated heterocycles. The highest BCUT2D eigenvalue weighted by molar-refractivity contribution is 6.30. The third-order valence-corrected chi connectivity index (χ3v) is 3.20. The Balaban J connectivity index is 1.96. The lowest BCUT2D eigenvalue weighted by Crippen LogP contribution is -2.14. The lowest BCUT2D eigenvalue weighted by Gasteiger charge is -2.10. The maximum absolute atomic E-state index is 13.2. The number of benzene rings is 2. The topological polar surface area (TPSA) is 12.0 Å². The predicted octanol–water partition coefficient (Wildman–Crippen LogP) is 4.79. The molecule has 6 heteroatoms. The van der Waals surface area contributed by atoms with Crippen LogP contribution in [0.4, 0.5) is 17.6 Å². The van der Waals surface area contributed by atoms with Crippen molar-refractivity contribution in [3.63, 3.8) is 0 Å². The molecule has 0 spiro atoms. The van der Waals surface area contributed by atoms with Gasteiger partial charge in [-0.15, -0.1) is 0 Å². The first-order valence-corrected chi connectivity index (χ1v) is 6.55. The van der Waals surface area contributed by atoms with Crippen molar-refractivity contribution < 1.29 is 17.6 Å². The molecular weight excluding hydrogens is 306 g/mol. The molecule has 0 fully saturated rings. The monoisotopic (exact) mass is 317 g/mol. The van der Waals surface area contributed by atoms with E-state index in [9.17, 15) is 17.6 Å². The zero-order chi connectivity index (χ0) is 15.5. The van der Waals surface area contributed by atoms with Crippen molar-refractivity contribution in [2.45, 2.75) is 19.3 Å². The molecule has 2 rings (SSSR count). The van der Waals surface area contributed by atoms with Gasteiger partial charge in [0.25, 0.3) is 0 Å². The Morgan fingerprint density at radius 2 is 1.62 bits per heavy atom. The molecule has 1 nitrogen and oxygen atoms in total. The van der Waals surface area contributed by atoms with Gasteiger partial charge in [-0.25, -0.2) is 4.39 Å². The van der Waals surface area contributed by atoms with Crippen molar-refractivity contribution in [1.82, 2.24) is 5.32 Å². The molecule has 0 amide bonds. The molecule has 21 heavy (non-hydrogen) atoms. The van der Waals surface area contributed by atoms with Crippen molar-refractivity contribution in [3.05, 3.63) is 70.0 Å². The quantitative estimate of drug-likeness (QED) is 0.800. The van der Waals surface area contributed by atoms with Gasteiger partial charge in [0.05, 0.1) is 10.6 Å². The molecule has 0 atom stereocenters. The van der Waals surface area contributed by atoms with Gasteiger partial charge in [0.15, 0.2) is 0 Å². The number of nitrogens with one attached hydrogen (secondary N) is 1. The van der Waals surface area contributed by atoms with Gasteiger partial charge < -0.3 is 5.32 Å². The molecule has 0 aliphatic rings. The smallest absolute Gasteiger partial charge is 0.309 e. The second-order valence-electron chi connectivity index (χ2n) is 4.55. The molecule has 2 aromatic rings. The summed E-state index contributed by atoms with van der Waals surface area (Å²) in [5.74, 6) is -0.518. The van der Waals surface area contributed by atoms with E-state index >= 15 is 0 Å². The highest BCUT2D eigenvalue weighted by Gasteiger charge is 2.30. The highest BCUT2D eigenvalue weighted by atomic mass is 35.5. The summed E-state index contributed by atoms with van der Waals surface area (Å²) in [6, 6.07) is 9.48. The fourth-order valence-electron chi connectivity index (χ4n) is 1.86. The zero-order valence-electron chi connectivity index (χ0n) is 10.8. The van der Waals surface area contributed by atoms with Crippen molar-refractivity contribution >= 4 is 11.6 Å². The summed E-state index contributed by atoms with van der Waals surface area (Å²) in [4.78, 5) is 0. The largest absolute Gasteiger partial charge is 0.416 e. The normalized spacial score (nSPS) is 11.7. The molecule has 0 aliphatic heterocycles. The van der Waals surface area contributed by atoms with Crippen LogP contribution in [-0.2, 0) is 19.3 Å². The van der Waals surface area contributed by atoms with Gasteiger partial charge in [0.2, 0.25) is 0 Å². The van der Waals surface area contributed by atoms with E-state index in [1.807, 2.05) is 0 Å². The Kier molecular flexibility index (Phi) is 4.85. The molecule has 0 radical (unpaired) electrons. The minimum atomic E-state index is -4.35. The lowest BCUT2D eigenvalue weighted by molar-refractivity contribution is -0.137. The average molecular weight is 318 g/mol. The number of hydrogen-bond donors (Lipinski definition) is 1. The van der Waals surface area contributed by atoms with Crippen molar-refractivity contribution in [3.8, 4) is 0 Å². The summed E-state index contributed by atoms with van der Waals surface area (Å²) in [7, 11) is 0. The summed E-state index contributed by atoms with van der Waals surface area (Å²) in [5, 5.41) is 3.00. The maximum Gasteiger partial charge on any atom is 0.416 e. The molecule has 0 saturated carbocycles. The van der Waals surface area contributed by atoms with Gasteiger partial charge in [-0.1, -0.05) is 35.9 Å². The molecular formula is C15H12ClF4N. The SMILES string of the molecule is Fc1cc(CNCc2cccc(C(F)(F)F)c2)ccc1Cl. The molecule has 0 aromatic heterocycles. The van der Waals surface area contributed by atoms with Gasteiger partial charge >= 0.3 is 6.18 Å². The van der Waals surface area contributed by atoms with Crippen molar-refractivity contribution in [2.24, 2.45) is 0 Å². The molecule has 112 valence electrons. The zero-order valence-corrected chi connectivity index (χ0v) is 11.6. The maximum atomic E-state index is 13.2. The van der Waals surface area contributed by atoms with Crippen LogP contribution in [0.5, 0.6) is 0 Å². The van der Waals surface area contributed by atoms with E-state index in [2.05, 4.69) is 5.32 Å². The van der Waals surface area contributed by atoms with Crippen LogP contribution in [0.1, 0.15) is 16.7 Å². The molecule has 1 N–H and O–H groups in total. The van der Waals surface area contributed by atoms with Crippen LogP contribution >= 0.6 is 11.6 Å². The van der Waals surface area contributed by atoms with Crippen LogP contribution in [0.3, 0.4) is 0 Å². The summed E-state index contributed by atoms with van der Waals surface area (Å²) < 4.78 is 50.9. The molecule has 0 bridgehead atoms. The van der Waals surface area contributed by atoms with E-state index in [-0.39, 0.29) is 11.6 Å². The van der Waals surface area contributed by atoms with Gasteiger partial charge in [0, 0.05) is 13.1 Å². The van der Waals surface area contributed by atoms with E-state index in [1.165, 1.54) is 18.2 Å². The second-order valence-corrected chi connectivity index (χ2v) is 4.96. The number of hydrogen-bond acceptors (Lipinski definition) is 1. The third-order valence-electron chi connectivity index (χ3n) is 2.90. The first kappa shape index (κ1) is 15.8. The third kappa shape index (κ3) is 4.44. The lowest BCUT2D eigenvalue weighted by atomic mass is 10.1. The minimum absolute atomic E-state index is 0.0385. The number of rotatable bonds is 4. The van der Waals surface area contributed by atoms with E-state index in [0.717, 1.165) is 12.1 Å². The highest BCUT2D eigenvalue weighted by Crippen LogP contribution is 2.29. The predicted molar refractivity (Wildman–Crippen MR) is 73.4 cm³/mol. The standard InChI is InChI=1S/C15H12ClF4N/c16-13-5-4-11(7-14(13)17)9-21-8-10-2-1-3-12(6-10)15(18,19)20/h1-7,21H,8-9H2. The first-order valence-electron chi connectivity index (χ1n) is 6.17. The van der Waals surface area contributed by atoms with E-state index in [0.29, 0.717) is 17.7 Å². The van der Waals surface area contributed by atoms with E-state index in [4.69, 9.17) is 11.6 Å². The van der Waals surface area contributed by atoms with Crippen molar-refractivity contribution in [1.29, 1.82) is 0 Å². The summed E-state index contributed by atoms with van der Waals surface area (Å²) >= 11 is 5.57. The fourth-order valence-corrected chi connectivity index (χ4v) is 1.98. The van der Waals surface area contributed by atoms with Gasteiger partial charge in [-0.2, -0.15) is 13.2 Å². The number of halogens is 5. The molecule has 0 unspecified atom stereocenters.